The van der Waals surface area contributed by atoms with Crippen LogP contribution in [0.4, 0.5) is 0 Å². The Balaban J connectivity index is 3.96. The largest absolute Gasteiger partial charge is 0.480 e. The Morgan fingerprint density at radius 3 is 1.75 bits per heavy atom. The van der Waals surface area contributed by atoms with E-state index in [4.69, 9.17) is 5.11 Å². The number of hydrogen-bond acceptors (Lipinski definition) is 3. The van der Waals surface area contributed by atoms with E-state index in [0.717, 1.165) is 25.7 Å². The van der Waals surface area contributed by atoms with Gasteiger partial charge in [-0.3, -0.25) is 4.79 Å². The van der Waals surface area contributed by atoms with Crippen LogP contribution in [-0.4, -0.2) is 30.5 Å². The fraction of sp³-hybridized carbons (Fsp3) is 0.526. The number of hydrogen-bond donors (Lipinski definition) is 1. The molecule has 0 aromatic heterocycles. The summed E-state index contributed by atoms with van der Waals surface area (Å²) < 4.78 is 23.7. The maximum Gasteiger partial charge on any atom is 0.321 e. The molecule has 0 aliphatic carbocycles. The second-order valence-corrected chi connectivity index (χ2v) is 7.69. The number of allylic oxidation sites excluding steroid dienone is 8. The molecule has 24 heavy (non-hydrogen) atoms. The van der Waals surface area contributed by atoms with Gasteiger partial charge in [0.05, 0.1) is 5.75 Å². The first-order chi connectivity index (χ1) is 11.5. The van der Waals surface area contributed by atoms with E-state index in [1.807, 2.05) is 12.2 Å². The van der Waals surface area contributed by atoms with Gasteiger partial charge in [-0.25, -0.2) is 8.42 Å². The van der Waals surface area contributed by atoms with Gasteiger partial charge in [-0.05, 0) is 38.5 Å². The van der Waals surface area contributed by atoms with Crippen LogP contribution < -0.4 is 0 Å². The van der Waals surface area contributed by atoms with Crippen molar-refractivity contribution >= 4 is 15.8 Å². The van der Waals surface area contributed by atoms with Gasteiger partial charge in [0.2, 0.25) is 0 Å². The molecule has 0 radical (unpaired) electrons. The molecule has 0 saturated carbocycles. The Labute approximate surface area is 146 Å². The average molecular weight is 355 g/mol. The van der Waals surface area contributed by atoms with Crippen molar-refractivity contribution in [1.29, 1.82) is 0 Å². The van der Waals surface area contributed by atoms with Crippen molar-refractivity contribution in [3.63, 3.8) is 0 Å². The highest BCUT2D eigenvalue weighted by molar-refractivity contribution is 7.92. The second-order valence-electron chi connectivity index (χ2n) is 5.39. The van der Waals surface area contributed by atoms with Crippen LogP contribution in [-0.2, 0) is 14.6 Å². The molecule has 136 valence electrons. The van der Waals surface area contributed by atoms with Crippen LogP contribution in [0.1, 0.15) is 52.4 Å². The minimum absolute atomic E-state index is 0.103. The molecule has 1 atom stereocenters. The van der Waals surface area contributed by atoms with Crippen molar-refractivity contribution in [2.45, 2.75) is 57.6 Å². The zero-order chi connectivity index (χ0) is 18.3. The molecular weight excluding hydrogens is 324 g/mol. The van der Waals surface area contributed by atoms with Gasteiger partial charge in [-0.1, -0.05) is 62.5 Å². The van der Waals surface area contributed by atoms with E-state index in [0.29, 0.717) is 6.42 Å². The number of carboxylic acid groups (broad SMARTS) is 1. The molecule has 0 bridgehead atoms. The number of carbonyl (C=O) groups is 1. The molecule has 1 unspecified atom stereocenters. The fourth-order valence-corrected chi connectivity index (χ4v) is 3.62. The summed E-state index contributed by atoms with van der Waals surface area (Å²) in [6.07, 6.45) is 20.4. The lowest BCUT2D eigenvalue weighted by atomic mass is 10.2. The van der Waals surface area contributed by atoms with Gasteiger partial charge < -0.3 is 5.11 Å². The molecule has 0 heterocycles. The van der Waals surface area contributed by atoms with Crippen LogP contribution in [0.25, 0.3) is 0 Å². The molecular formula is C19H30O4S. The smallest absolute Gasteiger partial charge is 0.321 e. The normalized spacial score (nSPS) is 14.4. The molecule has 0 aliphatic heterocycles. The van der Waals surface area contributed by atoms with E-state index in [1.54, 1.807) is 13.0 Å². The highest BCUT2D eigenvalue weighted by atomic mass is 32.2. The van der Waals surface area contributed by atoms with Crippen molar-refractivity contribution < 1.29 is 18.3 Å². The van der Waals surface area contributed by atoms with Gasteiger partial charge in [0, 0.05) is 0 Å². The van der Waals surface area contributed by atoms with Crippen molar-refractivity contribution in [3.8, 4) is 0 Å². The molecule has 0 aliphatic rings. The predicted molar refractivity (Wildman–Crippen MR) is 101 cm³/mol. The minimum atomic E-state index is -3.57. The first kappa shape index (κ1) is 22.4. The zero-order valence-corrected chi connectivity index (χ0v) is 15.5. The molecule has 0 aromatic carbocycles. The molecule has 0 aromatic rings. The fourth-order valence-electron chi connectivity index (χ4n) is 2.05. The van der Waals surface area contributed by atoms with Crippen LogP contribution in [0.2, 0.25) is 0 Å². The Morgan fingerprint density at radius 1 is 0.875 bits per heavy atom. The summed E-state index contributed by atoms with van der Waals surface area (Å²) in [4.78, 5) is 10.9. The Morgan fingerprint density at radius 2 is 1.33 bits per heavy atom. The molecule has 0 fully saturated rings. The summed E-state index contributed by atoms with van der Waals surface area (Å²) in [6, 6.07) is 0. The van der Waals surface area contributed by atoms with Crippen molar-refractivity contribution in [3.05, 3.63) is 48.6 Å². The van der Waals surface area contributed by atoms with E-state index in [9.17, 15) is 13.2 Å². The Kier molecular flexibility index (Phi) is 12.9. The van der Waals surface area contributed by atoms with Gasteiger partial charge in [0.25, 0.3) is 0 Å². The van der Waals surface area contributed by atoms with E-state index >= 15 is 0 Å². The zero-order valence-electron chi connectivity index (χ0n) is 14.7. The summed E-state index contributed by atoms with van der Waals surface area (Å²) in [5.74, 6) is -1.38. The number of sulfone groups is 1. The monoisotopic (exact) mass is 354 g/mol. The highest BCUT2D eigenvalue weighted by Gasteiger charge is 2.29. The highest BCUT2D eigenvalue weighted by Crippen LogP contribution is 2.09. The first-order valence-electron chi connectivity index (χ1n) is 8.50. The molecule has 0 spiro atoms. The quantitative estimate of drug-likeness (QED) is 0.496. The summed E-state index contributed by atoms with van der Waals surface area (Å²) in [5, 5.41) is 7.61. The topological polar surface area (TPSA) is 71.4 Å². The molecule has 4 nitrogen and oxygen atoms in total. The Hall–Kier alpha value is -1.62. The van der Waals surface area contributed by atoms with E-state index in [1.165, 1.54) is 0 Å². The first-order valence-corrected chi connectivity index (χ1v) is 10.2. The summed E-state index contributed by atoms with van der Waals surface area (Å²) in [7, 11) is -3.57. The van der Waals surface area contributed by atoms with Crippen LogP contribution in [0.15, 0.2) is 48.6 Å². The maximum atomic E-state index is 11.9. The molecule has 1 N–H and O–H groups in total. The predicted octanol–water partition coefficient (Wildman–Crippen LogP) is 4.46. The lowest BCUT2D eigenvalue weighted by Gasteiger charge is -2.09. The van der Waals surface area contributed by atoms with Crippen molar-refractivity contribution in [2.75, 3.05) is 5.75 Å². The van der Waals surface area contributed by atoms with E-state index in [2.05, 4.69) is 37.3 Å². The standard InChI is InChI=1S/C19H30O4S/c1-3-5-6-7-8-9-10-11-12-13-14-15-16-17-24(22,23)18(4-2)19(20)21/h5-6,8-9,11-12,14-15,18H,3-4,7,10,13,16-17H2,1-2H3,(H,20,21)/b6-5?,9-8?,12-11?,15-14-. The van der Waals surface area contributed by atoms with E-state index < -0.39 is 21.1 Å². The molecule has 0 saturated heterocycles. The maximum absolute atomic E-state index is 11.9. The number of rotatable bonds is 13. The van der Waals surface area contributed by atoms with Gasteiger partial charge in [-0.15, -0.1) is 0 Å². The average Bonchev–Trinajstić information content (AvgIpc) is 2.51. The third kappa shape index (κ3) is 11.0. The van der Waals surface area contributed by atoms with Crippen LogP contribution in [0.5, 0.6) is 0 Å². The number of carboxylic acids is 1. The summed E-state index contributed by atoms with van der Waals surface area (Å²) in [6.45, 7) is 3.69. The lowest BCUT2D eigenvalue weighted by Crippen LogP contribution is -2.31. The van der Waals surface area contributed by atoms with Crippen LogP contribution >= 0.6 is 0 Å². The van der Waals surface area contributed by atoms with Gasteiger partial charge >= 0.3 is 5.97 Å². The number of aliphatic carboxylic acids is 1. The summed E-state index contributed by atoms with van der Waals surface area (Å²) >= 11 is 0. The third-order valence-corrected chi connectivity index (χ3v) is 5.57. The third-order valence-electron chi connectivity index (χ3n) is 3.37. The molecule has 0 rings (SSSR count). The van der Waals surface area contributed by atoms with Crippen molar-refractivity contribution in [1.82, 2.24) is 0 Å². The second kappa shape index (κ2) is 13.8. The minimum Gasteiger partial charge on any atom is -0.480 e. The SMILES string of the molecule is CCC=CCC=CCC=CC/C=C\CCS(=O)(=O)C(CC)C(=O)O. The van der Waals surface area contributed by atoms with Gasteiger partial charge in [0.1, 0.15) is 0 Å². The Bertz CT molecular complexity index is 554. The molecule has 5 heteroatoms. The summed E-state index contributed by atoms with van der Waals surface area (Å²) in [5.41, 5.74) is 0. The van der Waals surface area contributed by atoms with Gasteiger partial charge in [0.15, 0.2) is 15.1 Å². The molecule has 0 amide bonds. The van der Waals surface area contributed by atoms with Crippen LogP contribution in [0.3, 0.4) is 0 Å². The van der Waals surface area contributed by atoms with E-state index in [-0.39, 0.29) is 12.2 Å². The van der Waals surface area contributed by atoms with Crippen molar-refractivity contribution in [2.24, 2.45) is 0 Å². The van der Waals surface area contributed by atoms with Gasteiger partial charge in [-0.2, -0.15) is 0 Å². The van der Waals surface area contributed by atoms with Crippen LogP contribution in [0, 0.1) is 0 Å². The lowest BCUT2D eigenvalue weighted by molar-refractivity contribution is -0.136.